The second-order valence-electron chi connectivity index (χ2n) is 4.18. The molecule has 0 bridgehead atoms. The summed E-state index contributed by atoms with van der Waals surface area (Å²) in [5.74, 6) is -1.44. The van der Waals surface area contributed by atoms with E-state index in [0.29, 0.717) is 11.3 Å². The summed E-state index contributed by atoms with van der Waals surface area (Å²) in [6.45, 7) is 0. The molecule has 2 rings (SSSR count). The van der Waals surface area contributed by atoms with E-state index in [-0.39, 0.29) is 16.3 Å². The van der Waals surface area contributed by atoms with Crippen LogP contribution in [0.3, 0.4) is 0 Å². The van der Waals surface area contributed by atoms with Crippen molar-refractivity contribution in [2.45, 2.75) is 0 Å². The molecular formula is C14H11BrN2O3S. The Hall–Kier alpha value is -2.12. The number of thiocarbonyl (C=S) groups is 1. The summed E-state index contributed by atoms with van der Waals surface area (Å²) in [6.07, 6.45) is 0. The number of carbonyl (C=O) groups is 1. The quantitative estimate of drug-likeness (QED) is 0.494. The molecule has 0 aliphatic carbocycles. The predicted octanol–water partition coefficient (Wildman–Crippen LogP) is 2.75. The largest absolute Gasteiger partial charge is 0.504 e. The number of carbonyl (C=O) groups excluding carboxylic acids is 1. The molecule has 21 heavy (non-hydrogen) atoms. The zero-order valence-electron chi connectivity index (χ0n) is 10.6. The normalized spacial score (nSPS) is 10.1. The number of phenols is 2. The van der Waals surface area contributed by atoms with E-state index in [9.17, 15) is 15.0 Å². The van der Waals surface area contributed by atoms with Crippen LogP contribution in [-0.2, 0) is 0 Å². The van der Waals surface area contributed by atoms with Gasteiger partial charge in [0.1, 0.15) is 4.99 Å². The molecule has 0 aliphatic heterocycles. The molecule has 7 heteroatoms. The van der Waals surface area contributed by atoms with E-state index < -0.39 is 11.7 Å². The number of aromatic hydroxyl groups is 2. The lowest BCUT2D eigenvalue weighted by atomic mass is 10.1. The molecule has 0 aromatic heterocycles. The number of nitrogens with one attached hydrogen (secondary N) is 1. The van der Waals surface area contributed by atoms with Crippen molar-refractivity contribution in [2.75, 3.05) is 5.32 Å². The number of hydrogen-bond acceptors (Lipinski definition) is 4. The van der Waals surface area contributed by atoms with Crippen molar-refractivity contribution in [3.63, 3.8) is 0 Å². The first kappa shape index (κ1) is 15.3. The van der Waals surface area contributed by atoms with E-state index in [1.165, 1.54) is 18.2 Å². The van der Waals surface area contributed by atoms with Gasteiger partial charge in [-0.3, -0.25) is 4.79 Å². The molecule has 0 saturated carbocycles. The topological polar surface area (TPSA) is 95.6 Å². The van der Waals surface area contributed by atoms with Crippen LogP contribution in [0.25, 0.3) is 0 Å². The molecular weight excluding hydrogens is 356 g/mol. The van der Waals surface area contributed by atoms with Gasteiger partial charge in [0.2, 0.25) is 0 Å². The Bertz CT molecular complexity index is 734. The molecule has 0 saturated heterocycles. The van der Waals surface area contributed by atoms with Gasteiger partial charge < -0.3 is 21.3 Å². The Morgan fingerprint density at radius 1 is 1.19 bits per heavy atom. The van der Waals surface area contributed by atoms with Gasteiger partial charge in [0.15, 0.2) is 11.5 Å². The Morgan fingerprint density at radius 2 is 1.90 bits per heavy atom. The number of anilines is 1. The maximum Gasteiger partial charge on any atom is 0.259 e. The van der Waals surface area contributed by atoms with Crippen LogP contribution in [0.4, 0.5) is 5.69 Å². The van der Waals surface area contributed by atoms with Crippen molar-refractivity contribution in [3.8, 4) is 11.5 Å². The highest BCUT2D eigenvalue weighted by atomic mass is 79.9. The number of hydrogen-bond donors (Lipinski definition) is 4. The van der Waals surface area contributed by atoms with Crippen molar-refractivity contribution in [1.82, 2.24) is 0 Å². The smallest absolute Gasteiger partial charge is 0.259 e. The van der Waals surface area contributed by atoms with E-state index in [4.69, 9.17) is 18.0 Å². The molecule has 0 heterocycles. The van der Waals surface area contributed by atoms with Gasteiger partial charge in [-0.05, 0) is 30.3 Å². The van der Waals surface area contributed by atoms with Gasteiger partial charge in [-0.25, -0.2) is 0 Å². The standard InChI is InChI=1S/C14H11BrN2O3S/c15-7-4-5-8(13(16)21)10(6-7)17-14(20)9-2-1-3-11(18)12(9)19/h1-6,18-19H,(H2,16,21)(H,17,20). The van der Waals surface area contributed by atoms with Crippen molar-refractivity contribution in [3.05, 3.63) is 52.0 Å². The fraction of sp³-hybridized carbons (Fsp3) is 0. The number of rotatable bonds is 3. The molecule has 0 fully saturated rings. The highest BCUT2D eigenvalue weighted by molar-refractivity contribution is 9.10. The monoisotopic (exact) mass is 366 g/mol. The van der Waals surface area contributed by atoms with Gasteiger partial charge in [0.25, 0.3) is 5.91 Å². The highest BCUT2D eigenvalue weighted by Crippen LogP contribution is 2.29. The fourth-order valence-corrected chi connectivity index (χ4v) is 2.28. The Kier molecular flexibility index (Phi) is 4.44. The zero-order valence-corrected chi connectivity index (χ0v) is 13.0. The first-order valence-electron chi connectivity index (χ1n) is 5.82. The van der Waals surface area contributed by atoms with E-state index in [0.717, 1.165) is 4.47 Å². The number of benzene rings is 2. The van der Waals surface area contributed by atoms with E-state index in [1.807, 2.05) is 0 Å². The average molecular weight is 367 g/mol. The SMILES string of the molecule is NC(=S)c1ccc(Br)cc1NC(=O)c1cccc(O)c1O. The molecule has 0 atom stereocenters. The third-order valence-electron chi connectivity index (χ3n) is 2.75. The summed E-state index contributed by atoms with van der Waals surface area (Å²) in [7, 11) is 0. The van der Waals surface area contributed by atoms with Gasteiger partial charge in [-0.15, -0.1) is 0 Å². The number of para-hydroxylation sites is 1. The molecule has 0 radical (unpaired) electrons. The molecule has 2 aromatic rings. The van der Waals surface area contributed by atoms with Crippen molar-refractivity contribution in [1.29, 1.82) is 0 Å². The minimum Gasteiger partial charge on any atom is -0.504 e. The highest BCUT2D eigenvalue weighted by Gasteiger charge is 2.16. The van der Waals surface area contributed by atoms with Gasteiger partial charge >= 0.3 is 0 Å². The lowest BCUT2D eigenvalue weighted by Gasteiger charge is -2.12. The Balaban J connectivity index is 2.38. The van der Waals surface area contributed by atoms with Crippen molar-refractivity contribution in [2.24, 2.45) is 5.73 Å². The van der Waals surface area contributed by atoms with Crippen LogP contribution < -0.4 is 11.1 Å². The summed E-state index contributed by atoms with van der Waals surface area (Å²) in [5, 5.41) is 21.7. The number of phenolic OH excluding ortho intramolecular Hbond substituents is 2. The van der Waals surface area contributed by atoms with Crippen LogP contribution in [0.2, 0.25) is 0 Å². The minimum atomic E-state index is -0.584. The molecule has 0 unspecified atom stereocenters. The van der Waals surface area contributed by atoms with Crippen molar-refractivity contribution >= 4 is 44.7 Å². The lowest BCUT2D eigenvalue weighted by molar-refractivity contribution is 0.102. The van der Waals surface area contributed by atoms with Gasteiger partial charge in [-0.2, -0.15) is 0 Å². The lowest BCUT2D eigenvalue weighted by Crippen LogP contribution is -2.17. The van der Waals surface area contributed by atoms with Crippen LogP contribution in [-0.4, -0.2) is 21.1 Å². The van der Waals surface area contributed by atoms with Gasteiger partial charge in [-0.1, -0.05) is 34.2 Å². The summed E-state index contributed by atoms with van der Waals surface area (Å²) < 4.78 is 0.734. The Labute approximate surface area is 134 Å². The van der Waals surface area contributed by atoms with Gasteiger partial charge in [0.05, 0.1) is 11.3 Å². The molecule has 108 valence electrons. The number of amides is 1. The minimum absolute atomic E-state index is 0.0520. The molecule has 2 aromatic carbocycles. The van der Waals surface area contributed by atoms with Crippen LogP contribution in [0.15, 0.2) is 40.9 Å². The maximum atomic E-state index is 12.2. The van der Waals surface area contributed by atoms with E-state index in [1.54, 1.807) is 18.2 Å². The average Bonchev–Trinajstić information content (AvgIpc) is 2.41. The summed E-state index contributed by atoms with van der Waals surface area (Å²) in [6, 6.07) is 9.19. The Morgan fingerprint density at radius 3 is 2.57 bits per heavy atom. The summed E-state index contributed by atoms with van der Waals surface area (Å²) in [4.78, 5) is 12.3. The zero-order chi connectivity index (χ0) is 15.6. The van der Waals surface area contributed by atoms with Crippen LogP contribution in [0.5, 0.6) is 11.5 Å². The molecule has 0 aliphatic rings. The van der Waals surface area contributed by atoms with E-state index in [2.05, 4.69) is 21.2 Å². The first-order valence-corrected chi connectivity index (χ1v) is 7.02. The predicted molar refractivity (Wildman–Crippen MR) is 87.8 cm³/mol. The number of nitrogens with two attached hydrogens (primary N) is 1. The van der Waals surface area contributed by atoms with Gasteiger partial charge in [0, 0.05) is 10.0 Å². The number of halogens is 1. The third-order valence-corrected chi connectivity index (χ3v) is 3.47. The maximum absolute atomic E-state index is 12.2. The third kappa shape index (κ3) is 3.32. The van der Waals surface area contributed by atoms with E-state index >= 15 is 0 Å². The first-order chi connectivity index (χ1) is 9.90. The molecule has 5 nitrogen and oxygen atoms in total. The van der Waals surface area contributed by atoms with Crippen molar-refractivity contribution < 1.29 is 15.0 Å². The van der Waals surface area contributed by atoms with Crippen LogP contribution >= 0.6 is 28.1 Å². The molecule has 5 N–H and O–H groups in total. The van der Waals surface area contributed by atoms with Crippen LogP contribution in [0, 0.1) is 0 Å². The summed E-state index contributed by atoms with van der Waals surface area (Å²) in [5.41, 5.74) is 6.46. The van der Waals surface area contributed by atoms with Crippen LogP contribution in [0.1, 0.15) is 15.9 Å². The fourth-order valence-electron chi connectivity index (χ4n) is 1.74. The summed E-state index contributed by atoms with van der Waals surface area (Å²) >= 11 is 8.22. The molecule has 1 amide bonds. The second kappa shape index (κ2) is 6.11. The molecule has 0 spiro atoms. The second-order valence-corrected chi connectivity index (χ2v) is 5.54.